The van der Waals surface area contributed by atoms with Crippen LogP contribution in [0.15, 0.2) is 12.2 Å². The third-order valence-corrected chi connectivity index (χ3v) is 2.03. The molecule has 0 radical (unpaired) electrons. The van der Waals surface area contributed by atoms with Crippen molar-refractivity contribution in [2.75, 3.05) is 12.4 Å². The first-order valence-electron chi connectivity index (χ1n) is 5.82. The van der Waals surface area contributed by atoms with E-state index in [1.807, 2.05) is 0 Å². The number of methoxy groups -OCH3 is 1. The minimum atomic E-state index is -0.588. The summed E-state index contributed by atoms with van der Waals surface area (Å²) in [5.41, 5.74) is 0.126. The first kappa shape index (κ1) is 15.1. The second-order valence-electron chi connectivity index (χ2n) is 4.93. The first-order chi connectivity index (χ1) is 8.80. The van der Waals surface area contributed by atoms with Crippen molar-refractivity contribution in [2.24, 2.45) is 0 Å². The molecule has 0 aliphatic rings. The van der Waals surface area contributed by atoms with Gasteiger partial charge in [-0.2, -0.15) is 0 Å². The molecule has 0 aliphatic heterocycles. The second kappa shape index (κ2) is 6.31. The Labute approximate surface area is 112 Å². The van der Waals surface area contributed by atoms with Gasteiger partial charge in [0.2, 0.25) is 0 Å². The second-order valence-corrected chi connectivity index (χ2v) is 4.93. The summed E-state index contributed by atoms with van der Waals surface area (Å²) in [6, 6.07) is 1.60. The van der Waals surface area contributed by atoms with Crippen molar-refractivity contribution in [1.29, 1.82) is 0 Å². The monoisotopic (exact) mass is 264 g/mol. The van der Waals surface area contributed by atoms with E-state index in [1.165, 1.54) is 13.2 Å². The SMILES string of the molecule is COC(=O)Cc1bcnc(NC(=O)OC(C)(C)C)c1. The number of carbonyl (C=O) groups excluding carboxylic acids is 2. The number of rotatable bonds is 3. The average molecular weight is 264 g/mol. The molecule has 7 heteroatoms. The van der Waals surface area contributed by atoms with Gasteiger partial charge in [-0.15, -0.1) is 0 Å². The molecule has 0 aliphatic carbocycles. The van der Waals surface area contributed by atoms with Crippen LogP contribution in [0.5, 0.6) is 0 Å². The van der Waals surface area contributed by atoms with Gasteiger partial charge in [0.15, 0.2) is 0 Å². The number of hydrogen-bond donors (Lipinski definition) is 1. The summed E-state index contributed by atoms with van der Waals surface area (Å²) in [5, 5.41) is 2.51. The van der Waals surface area contributed by atoms with E-state index in [-0.39, 0.29) is 12.4 Å². The summed E-state index contributed by atoms with van der Waals surface area (Å²) in [6.45, 7) is 6.99. The van der Waals surface area contributed by atoms with Gasteiger partial charge in [0, 0.05) is 0 Å². The van der Waals surface area contributed by atoms with Crippen LogP contribution in [0.2, 0.25) is 0 Å². The maximum absolute atomic E-state index is 11.6. The molecule has 0 aromatic carbocycles. The fourth-order valence-electron chi connectivity index (χ4n) is 1.30. The van der Waals surface area contributed by atoms with Gasteiger partial charge in [0.05, 0.1) is 0 Å². The molecule has 0 saturated heterocycles. The van der Waals surface area contributed by atoms with Crippen molar-refractivity contribution in [3.8, 4) is 0 Å². The Bertz CT molecular complexity index is 471. The molecule has 0 spiro atoms. The van der Waals surface area contributed by atoms with Gasteiger partial charge in [-0.05, 0) is 0 Å². The number of anilines is 1. The molecule has 0 atom stereocenters. The summed E-state index contributed by atoms with van der Waals surface area (Å²) in [6.07, 6.45) is 1.04. The average Bonchev–Trinajstić information content (AvgIpc) is 2.26. The zero-order valence-corrected chi connectivity index (χ0v) is 11.5. The van der Waals surface area contributed by atoms with Gasteiger partial charge in [-0.25, -0.2) is 0 Å². The molecule has 0 bridgehead atoms. The van der Waals surface area contributed by atoms with E-state index >= 15 is 0 Å². The van der Waals surface area contributed by atoms with Crippen molar-refractivity contribution in [3.63, 3.8) is 0 Å². The fraction of sp³-hybridized carbons (Fsp3) is 0.500. The zero-order valence-electron chi connectivity index (χ0n) is 11.5. The van der Waals surface area contributed by atoms with Crippen molar-refractivity contribution in [3.05, 3.63) is 17.6 Å². The minimum absolute atomic E-state index is 0.127. The van der Waals surface area contributed by atoms with E-state index < -0.39 is 11.7 Å². The predicted octanol–water partition coefficient (Wildman–Crippen LogP) is 1.48. The number of amides is 1. The third-order valence-electron chi connectivity index (χ3n) is 2.03. The van der Waals surface area contributed by atoms with E-state index in [9.17, 15) is 9.59 Å². The van der Waals surface area contributed by atoms with Crippen LogP contribution in [0.4, 0.5) is 10.6 Å². The van der Waals surface area contributed by atoms with Gasteiger partial charge in [-0.3, -0.25) is 0 Å². The summed E-state index contributed by atoms with van der Waals surface area (Å²) in [5.74, 6) is -0.0231. The molecule has 0 unspecified atom stereocenters. The van der Waals surface area contributed by atoms with Gasteiger partial charge in [0.1, 0.15) is 0 Å². The summed E-state index contributed by atoms with van der Waals surface area (Å²) in [4.78, 5) is 26.7. The maximum atomic E-state index is 11.6. The molecule has 19 heavy (non-hydrogen) atoms. The quantitative estimate of drug-likeness (QED) is 0.836. The van der Waals surface area contributed by atoms with Crippen molar-refractivity contribution in [2.45, 2.75) is 32.8 Å². The Morgan fingerprint density at radius 1 is 1.42 bits per heavy atom. The Hall–Kier alpha value is -1.92. The predicted molar refractivity (Wildman–Crippen MR) is 71.2 cm³/mol. The van der Waals surface area contributed by atoms with Crippen LogP contribution in [-0.4, -0.2) is 36.7 Å². The molecular weight excluding hydrogens is 247 g/mol. The van der Waals surface area contributed by atoms with Crippen molar-refractivity contribution >= 4 is 24.8 Å². The molecule has 1 amide bonds. The van der Waals surface area contributed by atoms with E-state index in [4.69, 9.17) is 4.74 Å². The summed E-state index contributed by atoms with van der Waals surface area (Å²) < 4.78 is 9.67. The number of nitrogens with zero attached hydrogens (tertiary/aromatic N) is 1. The number of carbonyl (C=O) groups is 2. The van der Waals surface area contributed by atoms with E-state index in [0.29, 0.717) is 11.3 Å². The molecule has 6 nitrogen and oxygen atoms in total. The van der Waals surface area contributed by atoms with Crippen LogP contribution in [0.25, 0.3) is 0 Å². The van der Waals surface area contributed by atoms with Crippen LogP contribution in [0.1, 0.15) is 26.2 Å². The van der Waals surface area contributed by atoms with E-state index in [2.05, 4.69) is 15.0 Å². The van der Waals surface area contributed by atoms with E-state index in [0.717, 1.165) is 0 Å². The topological polar surface area (TPSA) is 77.5 Å². The van der Waals surface area contributed by atoms with Crippen LogP contribution >= 0.6 is 0 Å². The number of aromatic nitrogens is 1. The van der Waals surface area contributed by atoms with Crippen LogP contribution in [-0.2, 0) is 20.7 Å². The molecule has 1 rings (SSSR count). The van der Waals surface area contributed by atoms with E-state index in [1.54, 1.807) is 33.7 Å². The van der Waals surface area contributed by atoms with Crippen LogP contribution in [0.3, 0.4) is 0 Å². The summed E-state index contributed by atoms with van der Waals surface area (Å²) >= 11 is 0. The Morgan fingerprint density at radius 2 is 2.11 bits per heavy atom. The number of nitrogens with one attached hydrogen (secondary N) is 1. The molecular formula is C12H17BN2O4. The zero-order chi connectivity index (χ0) is 14.5. The molecule has 1 aromatic heterocycles. The van der Waals surface area contributed by atoms with Crippen LogP contribution in [0, 0.1) is 0 Å². The molecule has 1 N–H and O–H groups in total. The van der Waals surface area contributed by atoms with Gasteiger partial charge in [0.25, 0.3) is 0 Å². The molecule has 0 saturated carbocycles. The number of hydrogen-bond acceptors (Lipinski definition) is 5. The normalized spacial score (nSPS) is 10.5. The van der Waals surface area contributed by atoms with Gasteiger partial charge in [-0.1, -0.05) is 0 Å². The number of ether oxygens (including phenoxy) is 2. The molecule has 102 valence electrons. The van der Waals surface area contributed by atoms with Gasteiger partial charge < -0.3 is 0 Å². The van der Waals surface area contributed by atoms with Crippen molar-refractivity contribution in [1.82, 2.24) is 4.98 Å². The Morgan fingerprint density at radius 3 is 2.68 bits per heavy atom. The number of esters is 1. The fourth-order valence-corrected chi connectivity index (χ4v) is 1.30. The Balaban J connectivity index is 2.67. The molecule has 0 fully saturated rings. The third kappa shape index (κ3) is 5.99. The Kier molecular flexibility index (Phi) is 5.03. The molecule has 1 aromatic rings. The molecule has 1 heterocycles. The standard InChI is InChI=1S/C12H17BN2O4/c1-12(2,3)19-11(17)15-9-5-8(13-7-14-9)6-10(16)18-4/h5,7H,6H2,1-4H3,(H,14,15,17). The first-order valence-corrected chi connectivity index (χ1v) is 5.82. The van der Waals surface area contributed by atoms with Gasteiger partial charge >= 0.3 is 112 Å². The van der Waals surface area contributed by atoms with Crippen molar-refractivity contribution < 1.29 is 19.1 Å². The summed E-state index contributed by atoms with van der Waals surface area (Å²) in [7, 11) is 1.32. The van der Waals surface area contributed by atoms with Crippen LogP contribution < -0.4 is 5.32 Å².